The summed E-state index contributed by atoms with van der Waals surface area (Å²) in [5, 5.41) is 0. The van der Waals surface area contributed by atoms with Crippen molar-refractivity contribution >= 4 is 0 Å². The van der Waals surface area contributed by atoms with Gasteiger partial charge in [-0.15, -0.1) is 0 Å². The molecule has 0 rings (SSSR count). The van der Waals surface area contributed by atoms with Crippen molar-refractivity contribution in [2.24, 2.45) is 0 Å². The quantitative estimate of drug-likeness (QED) is 0.422. The van der Waals surface area contributed by atoms with Gasteiger partial charge >= 0.3 is 0 Å². The Kier molecular flexibility index (Phi) is 148. The molecule has 0 heterocycles. The third kappa shape index (κ3) is 8.83. The molecular weight excluding hydrogens is 488 g/mol. The molecule has 3 radical (unpaired) electrons. The van der Waals surface area contributed by atoms with E-state index >= 15 is 0 Å². The molecule has 0 bridgehead atoms. The maximum atomic E-state index is 0. The van der Waals surface area contributed by atoms with E-state index in [0.29, 0.717) is 0 Å². The standard InChI is InChI=1S/Ir.Ni.Re.V. The number of hydrogen-bond acceptors (Lipinski definition) is 0. The van der Waals surface area contributed by atoms with Gasteiger partial charge in [0.15, 0.2) is 0 Å². The van der Waals surface area contributed by atoms with E-state index in [1.807, 2.05) is 0 Å². The summed E-state index contributed by atoms with van der Waals surface area (Å²) in [6.45, 7) is 0. The molecule has 0 aliphatic heterocycles. The Labute approximate surface area is 74.7 Å². The van der Waals surface area contributed by atoms with Crippen LogP contribution in [0.25, 0.3) is 0 Å². The second-order valence-electron chi connectivity index (χ2n) is 0. The van der Waals surface area contributed by atoms with Crippen LogP contribution in [0.1, 0.15) is 0 Å². The fourth-order valence-corrected chi connectivity index (χ4v) is 0. The molecule has 0 N–H and O–H groups in total. The van der Waals surface area contributed by atoms with Crippen LogP contribution in [0.5, 0.6) is 0 Å². The second kappa shape index (κ2) is 18.2. The van der Waals surface area contributed by atoms with E-state index in [4.69, 9.17) is 0 Å². The van der Waals surface area contributed by atoms with E-state index in [1.54, 1.807) is 0 Å². The Morgan fingerprint density at radius 3 is 1.00 bits per heavy atom. The molecule has 0 nitrogen and oxygen atoms in total. The van der Waals surface area contributed by atoms with Crippen LogP contribution in [-0.2, 0) is 75.6 Å². The molecule has 0 aromatic heterocycles. The minimum Gasteiger partial charge on any atom is 0 e. The molecule has 4 heavy (non-hydrogen) atoms. The van der Waals surface area contributed by atoms with Gasteiger partial charge in [0.2, 0.25) is 0 Å². The molecule has 0 aliphatic rings. The van der Waals surface area contributed by atoms with E-state index < -0.39 is 0 Å². The number of hydrogen-bond donors (Lipinski definition) is 0. The van der Waals surface area contributed by atoms with Gasteiger partial charge in [0, 0.05) is 75.6 Å². The Morgan fingerprint density at radius 2 is 1.00 bits per heavy atom. The topological polar surface area (TPSA) is 0 Å². The Hall–Kier alpha value is 2.39. The molecule has 0 fully saturated rings. The van der Waals surface area contributed by atoms with Crippen LogP contribution in [-0.4, -0.2) is 0 Å². The molecule has 0 saturated carbocycles. The minimum absolute atomic E-state index is 0. The average Bonchev–Trinajstić information content (AvgIpc) is 0. The summed E-state index contributed by atoms with van der Waals surface area (Å²) in [7, 11) is 0. The van der Waals surface area contributed by atoms with Crippen molar-refractivity contribution in [1.29, 1.82) is 0 Å². The van der Waals surface area contributed by atoms with Crippen LogP contribution in [0.2, 0.25) is 0 Å². The SMILES string of the molecule is [Ir].[Ni].[Re].[V]. The van der Waals surface area contributed by atoms with Gasteiger partial charge in [-0.05, 0) is 0 Å². The fraction of sp³-hybridized carbons (Fsp3) is 0. The molecule has 0 aromatic carbocycles. The van der Waals surface area contributed by atoms with Gasteiger partial charge < -0.3 is 0 Å². The molecule has 0 unspecified atom stereocenters. The van der Waals surface area contributed by atoms with Gasteiger partial charge in [0.25, 0.3) is 0 Å². The molecular formula is IrNiReV. The minimum atomic E-state index is 0. The van der Waals surface area contributed by atoms with Crippen LogP contribution in [0.4, 0.5) is 0 Å². The van der Waals surface area contributed by atoms with Crippen LogP contribution >= 0.6 is 0 Å². The van der Waals surface area contributed by atoms with Gasteiger partial charge in [-0.1, -0.05) is 0 Å². The van der Waals surface area contributed by atoms with Crippen molar-refractivity contribution in [3.05, 3.63) is 0 Å². The van der Waals surface area contributed by atoms with Crippen LogP contribution in [0.15, 0.2) is 0 Å². The maximum Gasteiger partial charge on any atom is 0 e. The fourth-order valence-electron chi connectivity index (χ4n) is 0. The largest absolute Gasteiger partial charge is 0 e. The number of rotatable bonds is 0. The summed E-state index contributed by atoms with van der Waals surface area (Å²) >= 11 is 0. The molecule has 0 amide bonds. The van der Waals surface area contributed by atoms with Crippen molar-refractivity contribution in [3.8, 4) is 0 Å². The summed E-state index contributed by atoms with van der Waals surface area (Å²) < 4.78 is 0. The Balaban J connectivity index is 0. The molecule has 4 heteroatoms. The molecule has 0 aromatic rings. The average molecular weight is 488 g/mol. The maximum absolute atomic E-state index is 0. The first-order valence-corrected chi connectivity index (χ1v) is 0. The summed E-state index contributed by atoms with van der Waals surface area (Å²) in [6.07, 6.45) is 0. The second-order valence-corrected chi connectivity index (χ2v) is 0. The summed E-state index contributed by atoms with van der Waals surface area (Å²) in [4.78, 5) is 0. The molecule has 0 saturated heterocycles. The van der Waals surface area contributed by atoms with Gasteiger partial charge in [-0.3, -0.25) is 0 Å². The van der Waals surface area contributed by atoms with E-state index in [-0.39, 0.29) is 75.6 Å². The first kappa shape index (κ1) is 32.5. The van der Waals surface area contributed by atoms with Crippen molar-refractivity contribution < 1.29 is 75.6 Å². The van der Waals surface area contributed by atoms with Crippen molar-refractivity contribution in [2.45, 2.75) is 0 Å². The normalized spacial score (nSPS) is 0. The van der Waals surface area contributed by atoms with Crippen LogP contribution in [0, 0.1) is 0 Å². The third-order valence-corrected chi connectivity index (χ3v) is 0. The first-order valence-electron chi connectivity index (χ1n) is 0. The third-order valence-electron chi connectivity index (χ3n) is 0. The zero-order valence-electron chi connectivity index (χ0n) is 1.47. The van der Waals surface area contributed by atoms with Crippen LogP contribution in [0.3, 0.4) is 0 Å². The molecule has 31 valence electrons. The van der Waals surface area contributed by atoms with Gasteiger partial charge in [-0.25, -0.2) is 0 Å². The van der Waals surface area contributed by atoms with Crippen molar-refractivity contribution in [3.63, 3.8) is 0 Å². The van der Waals surface area contributed by atoms with Gasteiger partial charge in [-0.2, -0.15) is 0 Å². The first-order chi connectivity index (χ1) is 0. The van der Waals surface area contributed by atoms with E-state index in [0.717, 1.165) is 0 Å². The summed E-state index contributed by atoms with van der Waals surface area (Å²) in [5.41, 5.74) is 0. The Morgan fingerprint density at radius 1 is 1.00 bits per heavy atom. The van der Waals surface area contributed by atoms with Crippen molar-refractivity contribution in [1.82, 2.24) is 0 Å². The zero-order valence-corrected chi connectivity index (χ0v) is 8.97. The predicted molar refractivity (Wildman–Crippen MR) is 0 cm³/mol. The van der Waals surface area contributed by atoms with E-state index in [9.17, 15) is 0 Å². The monoisotopic (exact) mass is 489 g/mol. The van der Waals surface area contributed by atoms with Gasteiger partial charge in [0.1, 0.15) is 0 Å². The summed E-state index contributed by atoms with van der Waals surface area (Å²) in [6, 6.07) is 0. The summed E-state index contributed by atoms with van der Waals surface area (Å²) in [5.74, 6) is 0. The van der Waals surface area contributed by atoms with Crippen LogP contribution < -0.4 is 0 Å². The smallest absolute Gasteiger partial charge is 0 e. The molecule has 0 spiro atoms. The van der Waals surface area contributed by atoms with Gasteiger partial charge in [0.05, 0.1) is 0 Å². The Bertz CT molecular complexity index is 8.00. The van der Waals surface area contributed by atoms with E-state index in [1.165, 1.54) is 0 Å². The molecule has 0 aliphatic carbocycles. The molecule has 0 atom stereocenters. The van der Waals surface area contributed by atoms with Crippen molar-refractivity contribution in [2.75, 3.05) is 0 Å². The van der Waals surface area contributed by atoms with E-state index in [2.05, 4.69) is 0 Å². The predicted octanol–water partition coefficient (Wildman–Crippen LogP) is -0.0100. The zero-order chi connectivity index (χ0) is 0.